The van der Waals surface area contributed by atoms with Crippen LogP contribution >= 0.6 is 22.9 Å². The van der Waals surface area contributed by atoms with Crippen molar-refractivity contribution in [2.24, 2.45) is 16.8 Å². The van der Waals surface area contributed by atoms with Gasteiger partial charge in [0, 0.05) is 41.1 Å². The van der Waals surface area contributed by atoms with E-state index in [0.29, 0.717) is 73.1 Å². The Bertz CT molecular complexity index is 1600. The molecular formula is C29H27ClF2N4O5S. The van der Waals surface area contributed by atoms with Gasteiger partial charge < -0.3 is 19.6 Å². The van der Waals surface area contributed by atoms with Gasteiger partial charge in [-0.1, -0.05) is 17.7 Å². The van der Waals surface area contributed by atoms with Crippen molar-refractivity contribution in [3.63, 3.8) is 0 Å². The summed E-state index contributed by atoms with van der Waals surface area (Å²) in [7, 11) is 1.25. The summed E-state index contributed by atoms with van der Waals surface area (Å²) in [6.07, 6.45) is 5.83. The number of oxazole rings is 1. The number of nitrogens with one attached hydrogen (secondary N) is 1. The fraction of sp³-hybridized carbons (Fsp3) is 0.414. The van der Waals surface area contributed by atoms with Crippen LogP contribution in [0.3, 0.4) is 0 Å². The number of aromatic nitrogens is 2. The number of rotatable bonds is 6. The Morgan fingerprint density at radius 1 is 1.17 bits per heavy atom. The second kappa shape index (κ2) is 11.6. The van der Waals surface area contributed by atoms with Crippen LogP contribution in [0, 0.1) is 23.5 Å². The fourth-order valence-electron chi connectivity index (χ4n) is 6.05. The molecule has 3 aliphatic rings. The molecule has 1 fully saturated rings. The summed E-state index contributed by atoms with van der Waals surface area (Å²) in [5, 5.41) is 14.5. The highest BCUT2D eigenvalue weighted by molar-refractivity contribution is 7.11. The zero-order valence-electron chi connectivity index (χ0n) is 22.5. The van der Waals surface area contributed by atoms with Crippen molar-refractivity contribution in [3.8, 4) is 0 Å². The number of hydrogen-bond donors (Lipinski definition) is 2. The van der Waals surface area contributed by atoms with Crippen LogP contribution < -0.4 is 5.32 Å². The summed E-state index contributed by atoms with van der Waals surface area (Å²) in [6, 6.07) is 1.20. The number of benzene rings is 1. The number of ether oxygens (including phenoxy) is 1. The zero-order chi connectivity index (χ0) is 29.5. The monoisotopic (exact) mass is 616 g/mol. The highest BCUT2D eigenvalue weighted by atomic mass is 35.5. The van der Waals surface area contributed by atoms with Crippen molar-refractivity contribution >= 4 is 40.7 Å². The van der Waals surface area contributed by atoms with Gasteiger partial charge in [-0.25, -0.2) is 23.5 Å². The smallest absolute Gasteiger partial charge is 0.338 e. The number of carboxylic acid groups (broad SMARTS) is 1. The number of esters is 1. The average Bonchev–Trinajstić information content (AvgIpc) is 3.69. The zero-order valence-corrected chi connectivity index (χ0v) is 24.1. The van der Waals surface area contributed by atoms with Crippen LogP contribution in [-0.4, -0.2) is 40.0 Å². The van der Waals surface area contributed by atoms with Crippen molar-refractivity contribution < 1.29 is 32.6 Å². The summed E-state index contributed by atoms with van der Waals surface area (Å²) in [4.78, 5) is 38.5. The Labute approximate surface area is 248 Å². The predicted molar refractivity (Wildman–Crippen MR) is 149 cm³/mol. The molecule has 6 rings (SSSR count). The van der Waals surface area contributed by atoms with E-state index in [2.05, 4.69) is 10.3 Å². The Hall–Kier alpha value is -3.64. The Balaban J connectivity index is 1.36. The van der Waals surface area contributed by atoms with E-state index in [1.165, 1.54) is 24.5 Å². The van der Waals surface area contributed by atoms with Crippen LogP contribution in [0.4, 0.5) is 8.78 Å². The van der Waals surface area contributed by atoms with Crippen LogP contribution in [0.5, 0.6) is 0 Å². The molecule has 0 saturated heterocycles. The molecule has 9 nitrogen and oxygen atoms in total. The molecule has 220 valence electrons. The highest BCUT2D eigenvalue weighted by Gasteiger charge is 2.39. The number of hydrogen-bond acceptors (Lipinski definition) is 9. The van der Waals surface area contributed by atoms with E-state index < -0.39 is 34.6 Å². The summed E-state index contributed by atoms with van der Waals surface area (Å²) < 4.78 is 40.0. The number of amidine groups is 1. The molecule has 3 heterocycles. The summed E-state index contributed by atoms with van der Waals surface area (Å²) in [5.41, 5.74) is 1.65. The van der Waals surface area contributed by atoms with Gasteiger partial charge in [0.2, 0.25) is 0 Å². The average molecular weight is 617 g/mol. The van der Waals surface area contributed by atoms with E-state index in [9.17, 15) is 23.5 Å². The molecule has 1 aromatic carbocycles. The number of halogens is 3. The third kappa shape index (κ3) is 5.22. The maximum atomic E-state index is 14.6. The third-order valence-electron chi connectivity index (χ3n) is 8.26. The van der Waals surface area contributed by atoms with E-state index in [-0.39, 0.29) is 28.9 Å². The minimum Gasteiger partial charge on any atom is -0.481 e. The molecule has 0 spiro atoms. The molecule has 3 aromatic rings. The fourth-order valence-corrected chi connectivity index (χ4v) is 6.90. The lowest BCUT2D eigenvalue weighted by Gasteiger charge is -2.32. The van der Waals surface area contributed by atoms with E-state index in [1.807, 2.05) is 0 Å². The lowest BCUT2D eigenvalue weighted by Crippen LogP contribution is -2.38. The molecule has 1 aliphatic heterocycles. The molecule has 13 heteroatoms. The quantitative estimate of drug-likeness (QED) is 0.265. The van der Waals surface area contributed by atoms with Crippen LogP contribution in [0.25, 0.3) is 0 Å². The molecule has 2 N–H and O–H groups in total. The van der Waals surface area contributed by atoms with E-state index in [0.717, 1.165) is 11.8 Å². The van der Waals surface area contributed by atoms with Crippen LogP contribution in [0.2, 0.25) is 5.02 Å². The lowest BCUT2D eigenvalue weighted by atomic mass is 9.82. The second-order valence-electron chi connectivity index (χ2n) is 10.7. The third-order valence-corrected chi connectivity index (χ3v) is 9.43. The summed E-state index contributed by atoms with van der Waals surface area (Å²) >= 11 is 7.61. The molecule has 2 atom stereocenters. The number of carbonyl (C=O) groups excluding carboxylic acids is 1. The number of carbonyl (C=O) groups is 2. The minimum absolute atomic E-state index is 0.0610. The van der Waals surface area contributed by atoms with Crippen molar-refractivity contribution in [1.29, 1.82) is 0 Å². The standard InChI is InChI=1S/C29H27ClF2N4O5S/c1-40-29(39)20-23(15-6-9-18-19(12-15)41-26(34-18)13-2-4-14(5-3-13)28(37)38)35-25(27-33-10-11-42-27)36-24(20)16-7-8-17(31)22(32)21(16)30/h7-8,10-11,13-15,24H,2-6,9,12H2,1H3,(H,35,36)(H,37,38). The molecule has 2 aliphatic carbocycles. The van der Waals surface area contributed by atoms with E-state index in [4.69, 9.17) is 30.7 Å². The van der Waals surface area contributed by atoms with Gasteiger partial charge in [-0.15, -0.1) is 11.3 Å². The van der Waals surface area contributed by atoms with Gasteiger partial charge in [-0.05, 0) is 44.6 Å². The van der Waals surface area contributed by atoms with Gasteiger partial charge in [0.25, 0.3) is 0 Å². The first-order valence-corrected chi connectivity index (χ1v) is 14.9. The van der Waals surface area contributed by atoms with Gasteiger partial charge in [-0.2, -0.15) is 0 Å². The minimum atomic E-state index is -1.22. The molecule has 0 amide bonds. The number of aliphatic carboxylic acids is 1. The molecule has 0 bridgehead atoms. The van der Waals surface area contributed by atoms with Crippen LogP contribution in [0.1, 0.15) is 72.0 Å². The van der Waals surface area contributed by atoms with Crippen LogP contribution in [0.15, 0.2) is 44.4 Å². The largest absolute Gasteiger partial charge is 0.481 e. The Kier molecular flexibility index (Phi) is 7.84. The first-order chi connectivity index (χ1) is 20.2. The van der Waals surface area contributed by atoms with Gasteiger partial charge in [0.05, 0.1) is 29.3 Å². The molecule has 0 radical (unpaired) electrons. The topological polar surface area (TPSA) is 127 Å². The van der Waals surface area contributed by atoms with Crippen LogP contribution in [-0.2, 0) is 27.2 Å². The number of thiazole rings is 1. The van der Waals surface area contributed by atoms with Gasteiger partial charge in [0.15, 0.2) is 28.4 Å². The number of carboxylic acids is 1. The van der Waals surface area contributed by atoms with E-state index >= 15 is 0 Å². The number of aliphatic imine (C=N–C) groups is 1. The maximum Gasteiger partial charge on any atom is 0.338 e. The molecule has 42 heavy (non-hydrogen) atoms. The van der Waals surface area contributed by atoms with Crippen molar-refractivity contribution in [2.75, 3.05) is 7.11 Å². The molecular weight excluding hydrogens is 590 g/mol. The van der Waals surface area contributed by atoms with E-state index in [1.54, 1.807) is 11.6 Å². The summed E-state index contributed by atoms with van der Waals surface area (Å²) in [6.45, 7) is 0. The maximum absolute atomic E-state index is 14.6. The lowest BCUT2D eigenvalue weighted by molar-refractivity contribution is -0.143. The predicted octanol–water partition coefficient (Wildman–Crippen LogP) is 5.74. The van der Waals surface area contributed by atoms with Gasteiger partial charge in [-0.3, -0.25) is 9.79 Å². The molecule has 2 unspecified atom stereocenters. The second-order valence-corrected chi connectivity index (χ2v) is 11.9. The Morgan fingerprint density at radius 2 is 1.95 bits per heavy atom. The molecule has 1 saturated carbocycles. The SMILES string of the molecule is COC(=O)C1=C(C2CCc3nc(C4CCC(C(=O)O)CC4)oc3C2)NC(c2nccs2)=NC1c1ccc(F)c(F)c1Cl. The first kappa shape index (κ1) is 28.5. The van der Waals surface area contributed by atoms with Crippen molar-refractivity contribution in [1.82, 2.24) is 15.3 Å². The van der Waals surface area contributed by atoms with Gasteiger partial charge >= 0.3 is 11.9 Å². The van der Waals surface area contributed by atoms with Crippen molar-refractivity contribution in [3.05, 3.63) is 79.6 Å². The number of methoxy groups -OCH3 is 1. The number of aryl methyl sites for hydroxylation is 1. The number of fused-ring (bicyclic) bond motifs is 1. The number of nitrogens with zero attached hydrogens (tertiary/aromatic N) is 3. The molecule has 2 aromatic heterocycles. The normalized spacial score (nSPS) is 24.0. The number of allylic oxidation sites excluding steroid dienone is 1. The first-order valence-electron chi connectivity index (χ1n) is 13.7. The summed E-state index contributed by atoms with van der Waals surface area (Å²) in [5.74, 6) is -2.58. The van der Waals surface area contributed by atoms with Crippen molar-refractivity contribution in [2.45, 2.75) is 56.9 Å². The van der Waals surface area contributed by atoms with Gasteiger partial charge in [0.1, 0.15) is 11.8 Å². The Morgan fingerprint density at radius 3 is 2.64 bits per heavy atom. The highest BCUT2D eigenvalue weighted by Crippen LogP contribution is 2.43.